The second kappa shape index (κ2) is 5.65. The first-order valence-corrected chi connectivity index (χ1v) is 6.76. The monoisotopic (exact) mass is 316 g/mol. The van der Waals surface area contributed by atoms with Crippen LogP contribution in [0.5, 0.6) is 0 Å². The van der Waals surface area contributed by atoms with Crippen molar-refractivity contribution in [3.05, 3.63) is 59.2 Å². The number of nitrogens with one attached hydrogen (secondary N) is 2. The fraction of sp³-hybridized carbons (Fsp3) is 0.125. The maximum absolute atomic E-state index is 12.7. The van der Waals surface area contributed by atoms with Crippen LogP contribution in [0.15, 0.2) is 42.5 Å². The Hall–Kier alpha value is -3.01. The number of rotatable bonds is 3. The number of anilines is 1. The lowest BCUT2D eigenvalue weighted by molar-refractivity contribution is -0.137. The molecule has 0 radical (unpaired) electrons. The molecule has 4 nitrogen and oxygen atoms in total. The summed E-state index contributed by atoms with van der Waals surface area (Å²) in [4.78, 5) is 7.25. The van der Waals surface area contributed by atoms with Crippen molar-refractivity contribution in [2.45, 2.75) is 12.7 Å². The van der Waals surface area contributed by atoms with Gasteiger partial charge in [-0.15, -0.1) is 0 Å². The number of halogens is 3. The fourth-order valence-electron chi connectivity index (χ4n) is 2.25. The molecule has 7 heteroatoms. The first kappa shape index (κ1) is 14.9. The number of nitrogens with zero attached hydrogens (tertiary/aromatic N) is 2. The van der Waals surface area contributed by atoms with Gasteiger partial charge in [-0.1, -0.05) is 18.2 Å². The van der Waals surface area contributed by atoms with Crippen molar-refractivity contribution in [2.24, 2.45) is 0 Å². The number of benzene rings is 2. The van der Waals surface area contributed by atoms with Gasteiger partial charge in [0, 0.05) is 6.54 Å². The van der Waals surface area contributed by atoms with E-state index in [4.69, 9.17) is 5.26 Å². The third kappa shape index (κ3) is 3.11. The highest BCUT2D eigenvalue weighted by molar-refractivity contribution is 5.83. The van der Waals surface area contributed by atoms with Crippen LogP contribution in [0.3, 0.4) is 0 Å². The smallest absolute Gasteiger partial charge is 0.352 e. The fourth-order valence-corrected chi connectivity index (χ4v) is 2.25. The standard InChI is InChI=1S/C16H11F3N4/c17-16(18,19)12-5-1-3-10(7-12)9-21-15-22-13-6-2-4-11(8-20)14(13)23-15/h1-7H,9H2,(H2,21,22,23). The van der Waals surface area contributed by atoms with Crippen LogP contribution < -0.4 is 5.32 Å². The lowest BCUT2D eigenvalue weighted by Gasteiger charge is -2.09. The predicted molar refractivity (Wildman–Crippen MR) is 79.6 cm³/mol. The van der Waals surface area contributed by atoms with Crippen LogP contribution in [0, 0.1) is 11.3 Å². The molecule has 0 bridgehead atoms. The van der Waals surface area contributed by atoms with E-state index in [1.807, 2.05) is 6.07 Å². The minimum atomic E-state index is -4.36. The number of fused-ring (bicyclic) bond motifs is 1. The zero-order valence-corrected chi connectivity index (χ0v) is 11.8. The second-order valence-corrected chi connectivity index (χ2v) is 4.95. The molecular formula is C16H11F3N4. The van der Waals surface area contributed by atoms with Gasteiger partial charge >= 0.3 is 6.18 Å². The molecular weight excluding hydrogens is 305 g/mol. The summed E-state index contributed by atoms with van der Waals surface area (Å²) in [6, 6.07) is 12.3. The number of aromatic nitrogens is 2. The number of alkyl halides is 3. The number of H-pyrrole nitrogens is 1. The van der Waals surface area contributed by atoms with Crippen molar-refractivity contribution in [1.29, 1.82) is 5.26 Å². The predicted octanol–water partition coefficient (Wildman–Crippen LogP) is 4.07. The molecule has 0 unspecified atom stereocenters. The minimum absolute atomic E-state index is 0.186. The van der Waals surface area contributed by atoms with E-state index in [9.17, 15) is 13.2 Å². The Morgan fingerprint density at radius 1 is 1.17 bits per heavy atom. The Balaban J connectivity index is 1.80. The highest BCUT2D eigenvalue weighted by Crippen LogP contribution is 2.29. The number of imidazole rings is 1. The van der Waals surface area contributed by atoms with Crippen molar-refractivity contribution in [2.75, 3.05) is 5.32 Å². The van der Waals surface area contributed by atoms with Gasteiger partial charge in [-0.25, -0.2) is 4.98 Å². The maximum Gasteiger partial charge on any atom is 0.416 e. The second-order valence-electron chi connectivity index (χ2n) is 4.95. The average molecular weight is 316 g/mol. The van der Waals surface area contributed by atoms with Crippen molar-refractivity contribution >= 4 is 17.0 Å². The molecule has 116 valence electrons. The zero-order valence-electron chi connectivity index (χ0n) is 11.8. The lowest BCUT2D eigenvalue weighted by Crippen LogP contribution is -2.07. The summed E-state index contributed by atoms with van der Waals surface area (Å²) in [5.74, 6) is 0.403. The molecule has 0 amide bonds. The largest absolute Gasteiger partial charge is 0.416 e. The van der Waals surface area contributed by atoms with Crippen molar-refractivity contribution in [3.63, 3.8) is 0 Å². The maximum atomic E-state index is 12.7. The van der Waals surface area contributed by atoms with Crippen LogP contribution in [-0.2, 0) is 12.7 Å². The summed E-state index contributed by atoms with van der Waals surface area (Å²) < 4.78 is 38.1. The number of nitriles is 1. The lowest BCUT2D eigenvalue weighted by atomic mass is 10.1. The van der Waals surface area contributed by atoms with E-state index < -0.39 is 11.7 Å². The molecule has 0 aliphatic carbocycles. The summed E-state index contributed by atoms with van der Waals surface area (Å²) >= 11 is 0. The summed E-state index contributed by atoms with van der Waals surface area (Å²) in [5.41, 5.74) is 1.46. The van der Waals surface area contributed by atoms with Gasteiger partial charge in [0.1, 0.15) is 11.6 Å². The first-order chi connectivity index (χ1) is 11.0. The minimum Gasteiger partial charge on any atom is -0.352 e. The third-order valence-electron chi connectivity index (χ3n) is 3.35. The average Bonchev–Trinajstić information content (AvgIpc) is 2.95. The molecule has 0 aliphatic heterocycles. The Morgan fingerprint density at radius 2 is 1.96 bits per heavy atom. The van der Waals surface area contributed by atoms with Crippen molar-refractivity contribution in [1.82, 2.24) is 9.97 Å². The van der Waals surface area contributed by atoms with Gasteiger partial charge in [0.25, 0.3) is 0 Å². The Morgan fingerprint density at radius 3 is 2.70 bits per heavy atom. The zero-order chi connectivity index (χ0) is 16.4. The molecule has 23 heavy (non-hydrogen) atoms. The highest BCUT2D eigenvalue weighted by Gasteiger charge is 2.30. The van der Waals surface area contributed by atoms with Crippen LogP contribution in [-0.4, -0.2) is 9.97 Å². The quantitative estimate of drug-likeness (QED) is 0.765. The van der Waals surface area contributed by atoms with Crippen LogP contribution in [0.1, 0.15) is 16.7 Å². The highest BCUT2D eigenvalue weighted by atomic mass is 19.4. The Kier molecular flexibility index (Phi) is 3.66. The van der Waals surface area contributed by atoms with E-state index in [1.54, 1.807) is 24.3 Å². The number of para-hydroxylation sites is 1. The molecule has 0 aliphatic rings. The van der Waals surface area contributed by atoms with Gasteiger partial charge in [-0.05, 0) is 29.8 Å². The van der Waals surface area contributed by atoms with Crippen molar-refractivity contribution < 1.29 is 13.2 Å². The number of hydrogen-bond acceptors (Lipinski definition) is 3. The summed E-state index contributed by atoms with van der Waals surface area (Å²) in [6.45, 7) is 0.186. The van der Waals surface area contributed by atoms with E-state index >= 15 is 0 Å². The van der Waals surface area contributed by atoms with Crippen LogP contribution in [0.25, 0.3) is 11.0 Å². The van der Waals surface area contributed by atoms with Crippen molar-refractivity contribution in [3.8, 4) is 6.07 Å². The summed E-state index contributed by atoms with van der Waals surface area (Å²) in [5, 5.41) is 12.0. The summed E-state index contributed by atoms with van der Waals surface area (Å²) in [7, 11) is 0. The molecule has 2 aromatic carbocycles. The molecule has 0 fully saturated rings. The van der Waals surface area contributed by atoms with Gasteiger partial charge < -0.3 is 10.3 Å². The number of aromatic amines is 1. The third-order valence-corrected chi connectivity index (χ3v) is 3.35. The van der Waals surface area contributed by atoms with E-state index in [2.05, 4.69) is 15.3 Å². The Labute approximate surface area is 129 Å². The Bertz CT molecular complexity index is 890. The SMILES string of the molecule is N#Cc1cccc2[nH]c(NCc3cccc(C(F)(F)F)c3)nc12. The van der Waals surface area contributed by atoms with E-state index in [0.717, 1.165) is 12.1 Å². The molecule has 3 rings (SSSR count). The van der Waals surface area contributed by atoms with Crippen LogP contribution in [0.4, 0.5) is 19.1 Å². The van der Waals surface area contributed by atoms with Gasteiger partial charge in [0.05, 0.1) is 16.6 Å². The van der Waals surface area contributed by atoms with Gasteiger partial charge in [0.15, 0.2) is 0 Å². The molecule has 0 saturated heterocycles. The van der Waals surface area contributed by atoms with E-state index in [1.165, 1.54) is 6.07 Å². The van der Waals surface area contributed by atoms with Gasteiger partial charge in [-0.3, -0.25) is 0 Å². The molecule has 1 aromatic heterocycles. The molecule has 0 spiro atoms. The van der Waals surface area contributed by atoms with Gasteiger partial charge in [0.2, 0.25) is 5.95 Å². The molecule has 2 N–H and O–H groups in total. The molecule has 3 aromatic rings. The van der Waals surface area contributed by atoms with Gasteiger partial charge in [-0.2, -0.15) is 18.4 Å². The first-order valence-electron chi connectivity index (χ1n) is 6.76. The van der Waals surface area contributed by atoms with E-state index in [0.29, 0.717) is 28.1 Å². The molecule has 1 heterocycles. The van der Waals surface area contributed by atoms with Crippen LogP contribution in [0.2, 0.25) is 0 Å². The topological polar surface area (TPSA) is 64.5 Å². The van der Waals surface area contributed by atoms with E-state index in [-0.39, 0.29) is 6.54 Å². The molecule has 0 saturated carbocycles. The summed E-state index contributed by atoms with van der Waals surface area (Å²) in [6.07, 6.45) is -4.36. The normalized spacial score (nSPS) is 11.4. The number of hydrogen-bond donors (Lipinski definition) is 2. The van der Waals surface area contributed by atoms with Crippen LogP contribution >= 0.6 is 0 Å². The molecule has 0 atom stereocenters.